The molecule has 0 spiro atoms. The van der Waals surface area contributed by atoms with Gasteiger partial charge in [0.1, 0.15) is 0 Å². The second-order valence-electron chi connectivity index (χ2n) is 0.894. The van der Waals surface area contributed by atoms with E-state index in [1.807, 2.05) is 0 Å². The van der Waals surface area contributed by atoms with Crippen LogP contribution in [0.4, 0.5) is 0 Å². The number of hydrogen-bond donors (Lipinski definition) is 0. The predicted octanol–water partition coefficient (Wildman–Crippen LogP) is -3.97. The van der Waals surface area contributed by atoms with E-state index in [0.717, 1.165) is 0 Å². The van der Waals surface area contributed by atoms with Gasteiger partial charge in [-0.05, 0) is 0 Å². The van der Waals surface area contributed by atoms with Crippen LogP contribution in [0, 0.1) is 61.3 Å². The van der Waals surface area contributed by atoms with Gasteiger partial charge in [-0.3, -0.25) is 0 Å². The molecule has 0 aromatic heterocycles. The summed E-state index contributed by atoms with van der Waals surface area (Å²) in [5, 5.41) is 59.0. The molecular weight excluding hydrogens is 619 g/mol. The zero-order chi connectivity index (χ0) is 14.3. The molecule has 0 fully saturated rings. The van der Waals surface area contributed by atoms with Crippen molar-refractivity contribution in [2.45, 2.75) is 0 Å². The molecule has 0 aliphatic carbocycles. The third-order valence-electron chi connectivity index (χ3n) is 0. The first-order valence-corrected chi connectivity index (χ1v) is 2.19. The average molecular weight is 619 g/mol. The maximum Gasteiger partial charge on any atom is 2.00 e. The van der Waals surface area contributed by atoms with Crippen molar-refractivity contribution in [3.05, 3.63) is 61.3 Å². The molecule has 0 aliphatic rings. The number of rotatable bonds is 0. The van der Waals surface area contributed by atoms with Crippen molar-refractivity contribution in [2.24, 2.45) is 0 Å². The fourth-order valence-corrected chi connectivity index (χ4v) is 0. The molecule has 16 nitrogen and oxygen atoms in total. The summed E-state index contributed by atoms with van der Waals surface area (Å²) in [4.78, 5) is 33.0. The Bertz CT molecular complexity index is 178. The van der Waals surface area contributed by atoms with Gasteiger partial charge < -0.3 is 73.7 Å². The summed E-state index contributed by atoms with van der Waals surface area (Å²) < 4.78 is 0. The Balaban J connectivity index is -0.00000000842. The van der Waals surface area contributed by atoms with Crippen LogP contribution in [0.3, 0.4) is 0 Å². The molecule has 0 atom stereocenters. The molecule has 23 heteroatoms. The van der Waals surface area contributed by atoms with E-state index >= 15 is 0 Å². The summed E-state index contributed by atoms with van der Waals surface area (Å²) in [5.41, 5.74) is 0. The SMILES string of the molecule is O=[N+]([O-])[O-].O=[N+]([O-])[O-].O=[N+]([O-])[O-].O=[N+]([O-])[O-].[Cl-].[Fe+2].[Fe+2].[Fe+2].[Fe+2].[Fe+2].[Fe+2]. The second-order valence-corrected chi connectivity index (χ2v) is 0.894. The van der Waals surface area contributed by atoms with E-state index in [-0.39, 0.29) is 115 Å². The summed E-state index contributed by atoms with van der Waals surface area (Å²) in [7, 11) is 0. The molecule has 0 saturated carbocycles. The second kappa shape index (κ2) is 67.0. The molecule has 0 rings (SSSR count). The number of hydrogen-bond acceptors (Lipinski definition) is 12. The van der Waals surface area contributed by atoms with Crippen molar-refractivity contribution in [1.82, 2.24) is 0 Å². The molecule has 0 radical (unpaired) electrons. The van der Waals surface area contributed by atoms with Crippen LogP contribution in [-0.4, -0.2) is 20.3 Å². The Kier molecular flexibility index (Phi) is 224. The summed E-state index contributed by atoms with van der Waals surface area (Å²) in [5.74, 6) is 0. The Hall–Kier alpha value is 0.207. The van der Waals surface area contributed by atoms with E-state index in [4.69, 9.17) is 61.3 Å². The zero-order valence-corrected chi connectivity index (χ0v) is 16.6. The molecule has 0 aliphatic heterocycles. The van der Waals surface area contributed by atoms with Crippen LogP contribution in [0.1, 0.15) is 0 Å². The van der Waals surface area contributed by atoms with Gasteiger partial charge in [-0.1, -0.05) is 0 Å². The minimum absolute atomic E-state index is 0. The van der Waals surface area contributed by atoms with Crippen LogP contribution >= 0.6 is 0 Å². The van der Waals surface area contributed by atoms with E-state index in [1.165, 1.54) is 0 Å². The van der Waals surface area contributed by atoms with E-state index < -0.39 is 20.3 Å². The van der Waals surface area contributed by atoms with Crippen molar-refractivity contribution >= 4 is 0 Å². The van der Waals surface area contributed by atoms with E-state index in [0.29, 0.717) is 0 Å². The predicted molar refractivity (Wildman–Crippen MR) is 41.4 cm³/mol. The minimum atomic E-state index is -1.75. The molecule has 23 heavy (non-hydrogen) atoms. The molecule has 0 unspecified atom stereocenters. The molecule has 0 aromatic carbocycles. The first-order valence-electron chi connectivity index (χ1n) is 2.19. The average Bonchev–Trinajstić information content (AvgIpc) is 1.76. The molecule has 0 N–H and O–H groups in total. The molecule has 0 heterocycles. The van der Waals surface area contributed by atoms with E-state index in [1.54, 1.807) is 0 Å². The van der Waals surface area contributed by atoms with Gasteiger partial charge in [-0.25, -0.2) is 0 Å². The summed E-state index contributed by atoms with van der Waals surface area (Å²) >= 11 is 0. The molecule has 0 aromatic rings. The van der Waals surface area contributed by atoms with Crippen molar-refractivity contribution in [2.75, 3.05) is 0 Å². The summed E-state index contributed by atoms with van der Waals surface area (Å²) in [6.45, 7) is 0. The molecule has 0 amide bonds. The van der Waals surface area contributed by atoms with Crippen LogP contribution in [0.15, 0.2) is 0 Å². The van der Waals surface area contributed by atoms with Gasteiger partial charge in [0.25, 0.3) is 0 Å². The molecule has 140 valence electrons. The fourth-order valence-electron chi connectivity index (χ4n) is 0. The van der Waals surface area contributed by atoms with Crippen molar-refractivity contribution < 1.29 is 135 Å². The Morgan fingerprint density at radius 1 is 0.348 bits per heavy atom. The number of nitrogens with zero attached hydrogens (tertiary/aromatic N) is 4. The van der Waals surface area contributed by atoms with Gasteiger partial charge in [-0.15, -0.1) is 0 Å². The molecule has 0 saturated heterocycles. The normalized spacial score (nSPS) is 4.17. The van der Waals surface area contributed by atoms with Gasteiger partial charge in [-0.2, -0.15) is 0 Å². The summed E-state index contributed by atoms with van der Waals surface area (Å²) in [6, 6.07) is 0. The van der Waals surface area contributed by atoms with Crippen LogP contribution in [-0.2, 0) is 102 Å². The van der Waals surface area contributed by atoms with Crippen molar-refractivity contribution in [3.63, 3.8) is 0 Å². The van der Waals surface area contributed by atoms with E-state index in [2.05, 4.69) is 0 Å². The Morgan fingerprint density at radius 3 is 0.348 bits per heavy atom. The van der Waals surface area contributed by atoms with Gasteiger partial charge >= 0.3 is 102 Å². The standard InChI is InChI=1S/ClH.6Fe.4NO3/c;;;;;;;4*2-1(3)4/h1H;;;;;;;;;;/q;6*+2;4*-1/p-1. The first-order chi connectivity index (χ1) is 6.93. The minimum Gasteiger partial charge on any atom is -1.00 e. The molecule has 0 bridgehead atoms. The van der Waals surface area contributed by atoms with Gasteiger partial charge in [0, 0.05) is 0 Å². The van der Waals surface area contributed by atoms with Crippen molar-refractivity contribution in [3.8, 4) is 0 Å². The third-order valence-corrected chi connectivity index (χ3v) is 0. The van der Waals surface area contributed by atoms with Crippen LogP contribution < -0.4 is 12.4 Å². The van der Waals surface area contributed by atoms with Crippen molar-refractivity contribution in [1.29, 1.82) is 0 Å². The summed E-state index contributed by atoms with van der Waals surface area (Å²) in [6.07, 6.45) is 0. The fraction of sp³-hybridized carbons (Fsp3) is 0. The van der Waals surface area contributed by atoms with Gasteiger partial charge in [0.2, 0.25) is 0 Å². The third kappa shape index (κ3) is 212000. The topological polar surface area (TPSA) is 265 Å². The maximum atomic E-state index is 8.25. The van der Waals surface area contributed by atoms with Crippen LogP contribution in [0.25, 0.3) is 0 Å². The zero-order valence-electron chi connectivity index (χ0n) is 9.19. The quantitative estimate of drug-likeness (QED) is 0.143. The van der Waals surface area contributed by atoms with Crippen LogP contribution in [0.5, 0.6) is 0 Å². The Labute approximate surface area is 195 Å². The largest absolute Gasteiger partial charge is 2.00 e. The first kappa shape index (κ1) is 76.8. The maximum absolute atomic E-state index is 8.25. The van der Waals surface area contributed by atoms with E-state index in [9.17, 15) is 0 Å². The van der Waals surface area contributed by atoms with Crippen LogP contribution in [0.2, 0.25) is 0 Å². The van der Waals surface area contributed by atoms with Gasteiger partial charge in [0.05, 0.1) is 20.3 Å². The smallest absolute Gasteiger partial charge is 1.00 e. The Morgan fingerprint density at radius 2 is 0.348 bits per heavy atom. The molecular formula is ClFe6N4O12+7. The monoisotopic (exact) mass is 619 g/mol. The van der Waals surface area contributed by atoms with Gasteiger partial charge in [0.15, 0.2) is 0 Å². The number of halogens is 1.